The Bertz CT molecular complexity index is 1430. The largest absolute Gasteiger partial charge is 0.507 e. The highest BCUT2D eigenvalue weighted by Gasteiger charge is 2.46. The summed E-state index contributed by atoms with van der Waals surface area (Å²) >= 11 is 0. The van der Waals surface area contributed by atoms with Gasteiger partial charge < -0.3 is 33.7 Å². The fourth-order valence-corrected chi connectivity index (χ4v) is 4.80. The van der Waals surface area contributed by atoms with Crippen molar-refractivity contribution in [3.05, 3.63) is 82.9 Å². The molecule has 0 bridgehead atoms. The lowest BCUT2D eigenvalue weighted by Crippen LogP contribution is -2.29. The van der Waals surface area contributed by atoms with Gasteiger partial charge in [-0.3, -0.25) is 9.59 Å². The SMILES string of the molecule is CCOc1ccc(/C(O)=C2\C(=O)C(=O)N(Cc3ccccc3OC)C2c2ccc(OC)c(OC)c2)c(OCC)c1. The monoisotopic (exact) mass is 547 g/mol. The van der Waals surface area contributed by atoms with Crippen LogP contribution in [0.15, 0.2) is 66.2 Å². The number of Topliss-reactive ketones (excluding diaryl/α,β-unsaturated/α-hetero) is 1. The Morgan fingerprint density at radius 1 is 0.800 bits per heavy atom. The summed E-state index contributed by atoms with van der Waals surface area (Å²) < 4.78 is 27.8. The number of hydrogen-bond acceptors (Lipinski definition) is 8. The number of para-hydroxylation sites is 1. The number of aliphatic hydroxyl groups is 1. The predicted octanol–water partition coefficient (Wildman–Crippen LogP) is 5.13. The number of likely N-dealkylation sites (tertiary alicyclic amines) is 1. The number of ether oxygens (including phenoxy) is 5. The predicted molar refractivity (Wildman–Crippen MR) is 149 cm³/mol. The van der Waals surface area contributed by atoms with Crippen molar-refractivity contribution in [3.63, 3.8) is 0 Å². The summed E-state index contributed by atoms with van der Waals surface area (Å²) in [7, 11) is 4.56. The lowest BCUT2D eigenvalue weighted by atomic mass is 9.94. The Morgan fingerprint density at radius 3 is 2.17 bits per heavy atom. The quantitative estimate of drug-likeness (QED) is 0.200. The maximum atomic E-state index is 13.6. The number of amides is 1. The van der Waals surface area contributed by atoms with Gasteiger partial charge in [0.25, 0.3) is 11.7 Å². The maximum Gasteiger partial charge on any atom is 0.295 e. The number of benzene rings is 3. The van der Waals surface area contributed by atoms with Gasteiger partial charge in [-0.25, -0.2) is 0 Å². The number of carbonyl (C=O) groups excluding carboxylic acids is 2. The molecule has 4 rings (SSSR count). The first kappa shape index (κ1) is 28.4. The van der Waals surface area contributed by atoms with Crippen molar-refractivity contribution in [1.82, 2.24) is 4.90 Å². The van der Waals surface area contributed by atoms with Gasteiger partial charge in [-0.05, 0) is 49.7 Å². The molecule has 9 nitrogen and oxygen atoms in total. The van der Waals surface area contributed by atoms with E-state index in [0.717, 1.165) is 0 Å². The smallest absolute Gasteiger partial charge is 0.295 e. The van der Waals surface area contributed by atoms with Crippen molar-refractivity contribution in [2.24, 2.45) is 0 Å². The van der Waals surface area contributed by atoms with Crippen LogP contribution in [0.4, 0.5) is 0 Å². The molecule has 0 aromatic heterocycles. The Kier molecular flexibility index (Phi) is 8.83. The van der Waals surface area contributed by atoms with E-state index < -0.39 is 17.7 Å². The molecular weight excluding hydrogens is 514 g/mol. The fourth-order valence-electron chi connectivity index (χ4n) is 4.80. The van der Waals surface area contributed by atoms with Crippen molar-refractivity contribution in [2.75, 3.05) is 34.5 Å². The number of carbonyl (C=O) groups is 2. The van der Waals surface area contributed by atoms with Crippen molar-refractivity contribution >= 4 is 17.4 Å². The zero-order chi connectivity index (χ0) is 28.8. The van der Waals surface area contributed by atoms with E-state index in [-0.39, 0.29) is 23.4 Å². The van der Waals surface area contributed by atoms with Gasteiger partial charge in [0, 0.05) is 11.6 Å². The molecule has 0 saturated carbocycles. The molecule has 0 spiro atoms. The summed E-state index contributed by atoms with van der Waals surface area (Å²) in [5.41, 5.74) is 1.45. The normalized spacial score (nSPS) is 16.1. The topological polar surface area (TPSA) is 104 Å². The van der Waals surface area contributed by atoms with Gasteiger partial charge in [-0.15, -0.1) is 0 Å². The minimum absolute atomic E-state index is 0.0615. The molecule has 40 heavy (non-hydrogen) atoms. The molecule has 1 heterocycles. The van der Waals surface area contributed by atoms with Crippen LogP contribution in [0.1, 0.15) is 36.6 Å². The van der Waals surface area contributed by atoms with E-state index >= 15 is 0 Å². The molecule has 1 fully saturated rings. The average Bonchev–Trinajstić information content (AvgIpc) is 3.22. The van der Waals surface area contributed by atoms with Crippen LogP contribution < -0.4 is 23.7 Å². The summed E-state index contributed by atoms with van der Waals surface area (Å²) in [4.78, 5) is 28.6. The van der Waals surface area contributed by atoms with E-state index in [0.29, 0.717) is 53.1 Å². The number of ketones is 1. The number of hydrogen-bond donors (Lipinski definition) is 1. The van der Waals surface area contributed by atoms with Crippen LogP contribution in [0.5, 0.6) is 28.7 Å². The lowest BCUT2D eigenvalue weighted by molar-refractivity contribution is -0.140. The van der Waals surface area contributed by atoms with E-state index in [1.807, 2.05) is 32.0 Å². The third-order valence-electron chi connectivity index (χ3n) is 6.62. The Hall–Kier alpha value is -4.66. The van der Waals surface area contributed by atoms with E-state index in [1.54, 1.807) is 49.6 Å². The molecule has 9 heteroatoms. The van der Waals surface area contributed by atoms with Crippen LogP contribution >= 0.6 is 0 Å². The molecule has 210 valence electrons. The molecule has 3 aromatic carbocycles. The van der Waals surface area contributed by atoms with Crippen molar-refractivity contribution in [2.45, 2.75) is 26.4 Å². The third kappa shape index (κ3) is 5.40. The van der Waals surface area contributed by atoms with Crippen LogP contribution in [-0.4, -0.2) is 56.2 Å². The van der Waals surface area contributed by atoms with Crippen LogP contribution in [0.25, 0.3) is 5.76 Å². The van der Waals surface area contributed by atoms with E-state index in [9.17, 15) is 14.7 Å². The molecule has 1 amide bonds. The summed E-state index contributed by atoms with van der Waals surface area (Å²) in [5.74, 6) is 0.424. The van der Waals surface area contributed by atoms with Gasteiger partial charge in [0.2, 0.25) is 0 Å². The van der Waals surface area contributed by atoms with Gasteiger partial charge in [0.15, 0.2) is 11.5 Å². The second-order valence-electron chi connectivity index (χ2n) is 8.88. The molecule has 1 N–H and O–H groups in total. The van der Waals surface area contributed by atoms with Gasteiger partial charge in [-0.2, -0.15) is 0 Å². The molecule has 1 aliphatic rings. The lowest BCUT2D eigenvalue weighted by Gasteiger charge is -2.26. The Morgan fingerprint density at radius 2 is 1.50 bits per heavy atom. The molecule has 1 saturated heterocycles. The van der Waals surface area contributed by atoms with Gasteiger partial charge >= 0.3 is 0 Å². The highest BCUT2D eigenvalue weighted by Crippen LogP contribution is 2.44. The molecule has 0 aliphatic carbocycles. The van der Waals surface area contributed by atoms with Crippen molar-refractivity contribution < 1.29 is 38.4 Å². The molecule has 0 radical (unpaired) electrons. The molecule has 1 unspecified atom stereocenters. The first-order chi connectivity index (χ1) is 19.4. The van der Waals surface area contributed by atoms with E-state index in [4.69, 9.17) is 23.7 Å². The second-order valence-corrected chi connectivity index (χ2v) is 8.88. The second kappa shape index (κ2) is 12.5. The van der Waals surface area contributed by atoms with Crippen LogP contribution in [-0.2, 0) is 16.1 Å². The average molecular weight is 548 g/mol. The van der Waals surface area contributed by atoms with E-state index in [1.165, 1.54) is 19.1 Å². The fraction of sp³-hybridized carbons (Fsp3) is 0.290. The van der Waals surface area contributed by atoms with Gasteiger partial charge in [0.1, 0.15) is 23.0 Å². The Labute approximate surface area is 233 Å². The zero-order valence-electron chi connectivity index (χ0n) is 23.2. The first-order valence-corrected chi connectivity index (χ1v) is 12.9. The van der Waals surface area contributed by atoms with Gasteiger partial charge in [-0.1, -0.05) is 24.3 Å². The maximum absolute atomic E-state index is 13.6. The molecule has 1 aliphatic heterocycles. The first-order valence-electron chi connectivity index (χ1n) is 12.9. The summed E-state index contributed by atoms with van der Waals surface area (Å²) in [6.45, 7) is 4.50. The molecule has 3 aromatic rings. The van der Waals surface area contributed by atoms with E-state index in [2.05, 4.69) is 0 Å². The molecule has 1 atom stereocenters. The third-order valence-corrected chi connectivity index (χ3v) is 6.62. The molecular formula is C31H33NO8. The van der Waals surface area contributed by atoms with Gasteiger partial charge in [0.05, 0.1) is 58.3 Å². The highest BCUT2D eigenvalue weighted by atomic mass is 16.5. The minimum atomic E-state index is -0.939. The van der Waals surface area contributed by atoms with Crippen molar-refractivity contribution in [3.8, 4) is 28.7 Å². The summed E-state index contributed by atoms with van der Waals surface area (Å²) in [6, 6.07) is 16.4. The highest BCUT2D eigenvalue weighted by molar-refractivity contribution is 6.46. The standard InChI is InChI=1S/C31H33NO8/c1-6-39-21-13-14-22(25(17-21)40-7-2)29(33)27-28(19-12-15-24(37-4)26(16-19)38-5)32(31(35)30(27)34)18-20-10-8-9-11-23(20)36-3/h8-17,28,33H,6-7,18H2,1-5H3/b29-27+. The number of rotatable bonds is 11. The van der Waals surface area contributed by atoms with Crippen molar-refractivity contribution in [1.29, 1.82) is 0 Å². The van der Waals surface area contributed by atoms with Crippen LogP contribution in [0.2, 0.25) is 0 Å². The number of aliphatic hydroxyl groups excluding tert-OH is 1. The van der Waals surface area contributed by atoms with Crippen LogP contribution in [0, 0.1) is 0 Å². The Balaban J connectivity index is 1.93. The number of methoxy groups -OCH3 is 3. The zero-order valence-corrected chi connectivity index (χ0v) is 23.2. The van der Waals surface area contributed by atoms with Crippen LogP contribution in [0.3, 0.4) is 0 Å². The summed E-state index contributed by atoms with van der Waals surface area (Å²) in [5, 5.41) is 11.7. The summed E-state index contributed by atoms with van der Waals surface area (Å²) in [6.07, 6.45) is 0. The number of nitrogens with zero attached hydrogens (tertiary/aromatic N) is 1. The minimum Gasteiger partial charge on any atom is -0.507 e.